The van der Waals surface area contributed by atoms with Crippen molar-refractivity contribution in [3.63, 3.8) is 0 Å². The van der Waals surface area contributed by atoms with Gasteiger partial charge in [-0.3, -0.25) is 0 Å². The van der Waals surface area contributed by atoms with Gasteiger partial charge in [0.25, 0.3) is 0 Å². The molecule has 0 atom stereocenters. The predicted octanol–water partition coefficient (Wildman–Crippen LogP) is 3.43. The van der Waals surface area contributed by atoms with Crippen molar-refractivity contribution >= 4 is 15.9 Å². The molecule has 0 heterocycles. The lowest BCUT2D eigenvalue weighted by Crippen LogP contribution is -2.30. The lowest BCUT2D eigenvalue weighted by atomic mass is 10.1. The zero-order valence-corrected chi connectivity index (χ0v) is 13.5. The molecule has 0 amide bonds. The summed E-state index contributed by atoms with van der Waals surface area (Å²) in [5.74, 6) is 0.725. The number of nitrogens with zero attached hydrogens (tertiary/aromatic N) is 1. The molecule has 0 bridgehead atoms. The van der Waals surface area contributed by atoms with Gasteiger partial charge in [0.1, 0.15) is 0 Å². The standard InChI is InChI=1S/C15H25BrN2/c1-12(2)10-17-5-6-18(4)11-14-7-13(3)8-15(16)9-14/h7-9,12,17H,5-6,10-11H2,1-4H3. The van der Waals surface area contributed by atoms with Crippen molar-refractivity contribution in [2.75, 3.05) is 26.7 Å². The van der Waals surface area contributed by atoms with Crippen molar-refractivity contribution < 1.29 is 0 Å². The molecular formula is C15H25BrN2. The Morgan fingerprint density at radius 3 is 2.61 bits per heavy atom. The van der Waals surface area contributed by atoms with E-state index in [1.165, 1.54) is 15.6 Å². The van der Waals surface area contributed by atoms with Crippen LogP contribution in [0.25, 0.3) is 0 Å². The van der Waals surface area contributed by atoms with Crippen LogP contribution in [0.3, 0.4) is 0 Å². The Hall–Kier alpha value is -0.380. The fraction of sp³-hybridized carbons (Fsp3) is 0.600. The Bertz CT molecular complexity index is 343. The van der Waals surface area contributed by atoms with Gasteiger partial charge >= 0.3 is 0 Å². The zero-order valence-electron chi connectivity index (χ0n) is 12.0. The van der Waals surface area contributed by atoms with Crippen molar-refractivity contribution in [1.82, 2.24) is 10.2 Å². The lowest BCUT2D eigenvalue weighted by Gasteiger charge is -2.18. The number of hydrogen-bond acceptors (Lipinski definition) is 2. The summed E-state index contributed by atoms with van der Waals surface area (Å²) < 4.78 is 1.17. The second-order valence-electron chi connectivity index (χ2n) is 5.47. The highest BCUT2D eigenvalue weighted by molar-refractivity contribution is 9.10. The Labute approximate surface area is 120 Å². The van der Waals surface area contributed by atoms with Gasteiger partial charge in [0.05, 0.1) is 0 Å². The van der Waals surface area contributed by atoms with Gasteiger partial charge in [-0.15, -0.1) is 0 Å². The summed E-state index contributed by atoms with van der Waals surface area (Å²) in [6.45, 7) is 10.9. The van der Waals surface area contributed by atoms with Gasteiger partial charge in [-0.2, -0.15) is 0 Å². The molecule has 0 saturated heterocycles. The van der Waals surface area contributed by atoms with Crippen LogP contribution in [0.5, 0.6) is 0 Å². The summed E-state index contributed by atoms with van der Waals surface area (Å²) >= 11 is 3.55. The van der Waals surface area contributed by atoms with Crippen LogP contribution in [-0.2, 0) is 6.54 Å². The first-order valence-corrected chi connectivity index (χ1v) is 7.42. The largest absolute Gasteiger partial charge is 0.315 e. The highest BCUT2D eigenvalue weighted by Gasteiger charge is 2.02. The average Bonchev–Trinajstić information content (AvgIpc) is 2.22. The fourth-order valence-electron chi connectivity index (χ4n) is 1.95. The number of nitrogens with one attached hydrogen (secondary N) is 1. The summed E-state index contributed by atoms with van der Waals surface area (Å²) in [7, 11) is 2.17. The minimum absolute atomic E-state index is 0.725. The topological polar surface area (TPSA) is 15.3 Å². The third-order valence-corrected chi connectivity index (χ3v) is 3.24. The van der Waals surface area contributed by atoms with Crippen molar-refractivity contribution in [2.45, 2.75) is 27.3 Å². The van der Waals surface area contributed by atoms with Crippen LogP contribution in [-0.4, -0.2) is 31.6 Å². The minimum Gasteiger partial charge on any atom is -0.315 e. The molecule has 0 spiro atoms. The molecule has 0 fully saturated rings. The number of rotatable bonds is 7. The molecule has 1 aromatic rings. The van der Waals surface area contributed by atoms with E-state index in [0.29, 0.717) is 0 Å². The molecule has 0 aliphatic carbocycles. The van der Waals surface area contributed by atoms with Crippen LogP contribution >= 0.6 is 15.9 Å². The SMILES string of the molecule is Cc1cc(Br)cc(CN(C)CCNCC(C)C)c1. The highest BCUT2D eigenvalue weighted by atomic mass is 79.9. The van der Waals surface area contributed by atoms with E-state index >= 15 is 0 Å². The predicted molar refractivity (Wildman–Crippen MR) is 82.9 cm³/mol. The van der Waals surface area contributed by atoms with Gasteiger partial charge in [0, 0.05) is 24.1 Å². The van der Waals surface area contributed by atoms with Crippen LogP contribution < -0.4 is 5.32 Å². The molecule has 102 valence electrons. The number of benzene rings is 1. The second kappa shape index (κ2) is 7.93. The maximum atomic E-state index is 3.55. The van der Waals surface area contributed by atoms with E-state index in [2.05, 4.69) is 72.2 Å². The first-order chi connectivity index (χ1) is 8.47. The lowest BCUT2D eigenvalue weighted by molar-refractivity contribution is 0.321. The van der Waals surface area contributed by atoms with E-state index in [1.54, 1.807) is 0 Å². The molecule has 0 aromatic heterocycles. The van der Waals surface area contributed by atoms with Crippen LogP contribution in [0.1, 0.15) is 25.0 Å². The van der Waals surface area contributed by atoms with E-state index in [4.69, 9.17) is 0 Å². The maximum absolute atomic E-state index is 3.55. The number of likely N-dealkylation sites (N-methyl/N-ethyl adjacent to an activating group) is 1. The Balaban J connectivity index is 2.33. The van der Waals surface area contributed by atoms with Gasteiger partial charge in [-0.1, -0.05) is 35.8 Å². The summed E-state index contributed by atoms with van der Waals surface area (Å²) in [6, 6.07) is 6.60. The average molecular weight is 313 g/mol. The van der Waals surface area contributed by atoms with Crippen molar-refractivity contribution in [3.8, 4) is 0 Å². The van der Waals surface area contributed by atoms with E-state index < -0.39 is 0 Å². The van der Waals surface area contributed by atoms with Gasteiger partial charge in [0.2, 0.25) is 0 Å². The molecule has 0 aliphatic heterocycles. The second-order valence-corrected chi connectivity index (χ2v) is 6.39. The van der Waals surface area contributed by atoms with Crippen LogP contribution in [0.15, 0.2) is 22.7 Å². The molecular weight excluding hydrogens is 288 g/mol. The minimum atomic E-state index is 0.725. The monoisotopic (exact) mass is 312 g/mol. The summed E-state index contributed by atoms with van der Waals surface area (Å²) in [5.41, 5.74) is 2.68. The third-order valence-electron chi connectivity index (χ3n) is 2.78. The molecule has 0 saturated carbocycles. The maximum Gasteiger partial charge on any atom is 0.0231 e. The summed E-state index contributed by atoms with van der Waals surface area (Å²) in [4.78, 5) is 2.36. The van der Waals surface area contributed by atoms with Crippen molar-refractivity contribution in [2.24, 2.45) is 5.92 Å². The molecule has 0 radical (unpaired) electrons. The van der Waals surface area contributed by atoms with Crippen molar-refractivity contribution in [1.29, 1.82) is 0 Å². The number of aryl methyl sites for hydroxylation is 1. The number of halogens is 1. The van der Waals surface area contributed by atoms with E-state index in [1.807, 2.05) is 0 Å². The fourth-order valence-corrected chi connectivity index (χ4v) is 2.61. The molecule has 1 N–H and O–H groups in total. The van der Waals surface area contributed by atoms with E-state index in [9.17, 15) is 0 Å². The van der Waals surface area contributed by atoms with Crippen LogP contribution in [0.4, 0.5) is 0 Å². The highest BCUT2D eigenvalue weighted by Crippen LogP contribution is 2.16. The smallest absolute Gasteiger partial charge is 0.0231 e. The van der Waals surface area contributed by atoms with Crippen molar-refractivity contribution in [3.05, 3.63) is 33.8 Å². The molecule has 2 nitrogen and oxygen atoms in total. The molecule has 3 heteroatoms. The first kappa shape index (κ1) is 15.7. The quantitative estimate of drug-likeness (QED) is 0.776. The Morgan fingerprint density at radius 1 is 1.28 bits per heavy atom. The van der Waals surface area contributed by atoms with Gasteiger partial charge in [0.15, 0.2) is 0 Å². The molecule has 1 aromatic carbocycles. The van der Waals surface area contributed by atoms with Gasteiger partial charge in [-0.05, 0) is 49.7 Å². The summed E-state index contributed by atoms with van der Waals surface area (Å²) in [6.07, 6.45) is 0. The van der Waals surface area contributed by atoms with Crippen LogP contribution in [0, 0.1) is 12.8 Å². The normalized spacial score (nSPS) is 11.5. The van der Waals surface area contributed by atoms with E-state index in [0.717, 1.165) is 32.1 Å². The van der Waals surface area contributed by atoms with Crippen LogP contribution in [0.2, 0.25) is 0 Å². The number of hydrogen-bond donors (Lipinski definition) is 1. The van der Waals surface area contributed by atoms with Gasteiger partial charge in [-0.25, -0.2) is 0 Å². The first-order valence-electron chi connectivity index (χ1n) is 6.62. The third kappa shape index (κ3) is 6.53. The molecule has 18 heavy (non-hydrogen) atoms. The Kier molecular flexibility index (Phi) is 6.90. The van der Waals surface area contributed by atoms with Gasteiger partial charge < -0.3 is 10.2 Å². The Morgan fingerprint density at radius 2 is 2.00 bits per heavy atom. The molecule has 0 aliphatic rings. The summed E-state index contributed by atoms with van der Waals surface area (Å²) in [5, 5.41) is 3.47. The molecule has 0 unspecified atom stereocenters. The molecule has 1 rings (SSSR count). The van der Waals surface area contributed by atoms with E-state index in [-0.39, 0.29) is 0 Å². The zero-order chi connectivity index (χ0) is 13.5.